The molecule has 0 aliphatic carbocycles. The van der Waals surface area contributed by atoms with Gasteiger partial charge in [-0.25, -0.2) is 13.8 Å². The van der Waals surface area contributed by atoms with Crippen molar-refractivity contribution >= 4 is 22.6 Å². The van der Waals surface area contributed by atoms with E-state index in [0.717, 1.165) is 57.6 Å². The van der Waals surface area contributed by atoms with Crippen molar-refractivity contribution in [3.05, 3.63) is 53.5 Å². The van der Waals surface area contributed by atoms with Crippen LogP contribution in [0.5, 0.6) is 0 Å². The zero-order valence-corrected chi connectivity index (χ0v) is 17.2. The van der Waals surface area contributed by atoms with Gasteiger partial charge in [-0.2, -0.15) is 10.1 Å². The van der Waals surface area contributed by atoms with Crippen molar-refractivity contribution in [1.29, 1.82) is 0 Å². The molecule has 6 rings (SSSR count). The summed E-state index contributed by atoms with van der Waals surface area (Å²) < 4.78 is 35.0. The van der Waals surface area contributed by atoms with Crippen molar-refractivity contribution in [1.82, 2.24) is 24.6 Å². The molecule has 162 valence electrons. The van der Waals surface area contributed by atoms with E-state index in [0.29, 0.717) is 27.8 Å². The van der Waals surface area contributed by atoms with Crippen LogP contribution in [-0.4, -0.2) is 50.9 Å². The number of aromatic nitrogens is 5. The Bertz CT molecular complexity index is 1380. The Balaban J connectivity index is 1.38. The molecule has 32 heavy (non-hydrogen) atoms. The van der Waals surface area contributed by atoms with Crippen LogP contribution in [0.1, 0.15) is 30.5 Å². The van der Waals surface area contributed by atoms with Gasteiger partial charge in [0.15, 0.2) is 22.9 Å². The first-order valence-corrected chi connectivity index (χ1v) is 10.6. The Morgan fingerprint density at radius 1 is 1.12 bits per heavy atom. The number of anilines is 1. The summed E-state index contributed by atoms with van der Waals surface area (Å²) in [6.45, 7) is 3.50. The number of piperidine rings is 1. The SMILES string of the molecule is Fc1cccc(C#Cc2n[nH]c3nc(N4CCC5(CCOC5)CC4)n4ccnc4c23)c1F. The van der Waals surface area contributed by atoms with Crippen molar-refractivity contribution in [3.63, 3.8) is 0 Å². The molecule has 2 saturated heterocycles. The number of benzene rings is 1. The molecule has 1 spiro atoms. The average molecular weight is 434 g/mol. The normalized spacial score (nSPS) is 17.9. The van der Waals surface area contributed by atoms with Gasteiger partial charge in [-0.15, -0.1) is 0 Å². The topological polar surface area (TPSA) is 71.3 Å². The lowest BCUT2D eigenvalue weighted by atomic mass is 9.78. The number of imidazole rings is 1. The molecular formula is C23H20F2N6O. The summed E-state index contributed by atoms with van der Waals surface area (Å²) in [4.78, 5) is 11.6. The minimum absolute atomic E-state index is 0.0248. The van der Waals surface area contributed by atoms with Gasteiger partial charge in [0.2, 0.25) is 5.95 Å². The fourth-order valence-electron chi connectivity index (χ4n) is 4.69. The molecule has 3 aromatic heterocycles. The smallest absolute Gasteiger partial charge is 0.213 e. The molecule has 0 atom stereocenters. The second-order valence-corrected chi connectivity index (χ2v) is 8.47. The number of nitrogens with zero attached hydrogens (tertiary/aromatic N) is 5. The van der Waals surface area contributed by atoms with Gasteiger partial charge in [0.1, 0.15) is 5.69 Å². The van der Waals surface area contributed by atoms with Crippen LogP contribution < -0.4 is 4.90 Å². The van der Waals surface area contributed by atoms with E-state index >= 15 is 0 Å². The van der Waals surface area contributed by atoms with E-state index in [9.17, 15) is 8.78 Å². The summed E-state index contributed by atoms with van der Waals surface area (Å²) in [6.07, 6.45) is 6.86. The van der Waals surface area contributed by atoms with Gasteiger partial charge in [0, 0.05) is 32.1 Å². The number of hydrogen-bond acceptors (Lipinski definition) is 5. The van der Waals surface area contributed by atoms with E-state index in [1.807, 2.05) is 10.6 Å². The number of aromatic amines is 1. The summed E-state index contributed by atoms with van der Waals surface area (Å²) in [5.41, 5.74) is 1.90. The molecule has 0 saturated carbocycles. The van der Waals surface area contributed by atoms with Crippen LogP contribution in [-0.2, 0) is 4.74 Å². The third-order valence-electron chi connectivity index (χ3n) is 6.60. The molecular weight excluding hydrogens is 414 g/mol. The second-order valence-electron chi connectivity index (χ2n) is 8.47. The molecule has 4 aromatic rings. The maximum atomic E-state index is 14.0. The Kier molecular flexibility index (Phi) is 4.36. The van der Waals surface area contributed by atoms with Crippen molar-refractivity contribution in [2.45, 2.75) is 19.3 Å². The molecule has 1 N–H and O–H groups in total. The number of fused-ring (bicyclic) bond motifs is 3. The molecule has 2 aliphatic rings. The Hall–Kier alpha value is -3.51. The summed E-state index contributed by atoms with van der Waals surface area (Å²) in [5, 5.41) is 7.85. The zero-order valence-electron chi connectivity index (χ0n) is 17.2. The molecule has 0 unspecified atom stereocenters. The Labute approximate surface area is 182 Å². The van der Waals surface area contributed by atoms with Crippen LogP contribution in [0.25, 0.3) is 16.7 Å². The molecule has 9 heteroatoms. The Morgan fingerprint density at radius 3 is 2.81 bits per heavy atom. The first kappa shape index (κ1) is 19.2. The van der Waals surface area contributed by atoms with Crippen molar-refractivity contribution in [2.24, 2.45) is 5.41 Å². The van der Waals surface area contributed by atoms with Crippen LogP contribution in [0.4, 0.5) is 14.7 Å². The predicted octanol–water partition coefficient (Wildman–Crippen LogP) is 3.29. The van der Waals surface area contributed by atoms with Crippen LogP contribution in [0.15, 0.2) is 30.6 Å². The van der Waals surface area contributed by atoms with Gasteiger partial charge in [-0.1, -0.05) is 12.0 Å². The maximum Gasteiger partial charge on any atom is 0.213 e. The number of nitrogens with one attached hydrogen (secondary N) is 1. The second kappa shape index (κ2) is 7.28. The summed E-state index contributed by atoms with van der Waals surface area (Å²) in [7, 11) is 0. The largest absolute Gasteiger partial charge is 0.381 e. The fourth-order valence-corrected chi connectivity index (χ4v) is 4.69. The van der Waals surface area contributed by atoms with Crippen LogP contribution in [0, 0.1) is 28.9 Å². The summed E-state index contributed by atoms with van der Waals surface area (Å²) in [6, 6.07) is 3.92. The third-order valence-corrected chi connectivity index (χ3v) is 6.60. The van der Waals surface area contributed by atoms with E-state index in [1.165, 1.54) is 12.1 Å². The highest BCUT2D eigenvalue weighted by molar-refractivity contribution is 5.94. The maximum absolute atomic E-state index is 14.0. The minimum atomic E-state index is -0.971. The number of halogens is 2. The highest BCUT2D eigenvalue weighted by atomic mass is 19.2. The van der Waals surface area contributed by atoms with Crippen molar-refractivity contribution in [3.8, 4) is 11.8 Å². The van der Waals surface area contributed by atoms with E-state index in [1.54, 1.807) is 6.20 Å². The highest BCUT2D eigenvalue weighted by Gasteiger charge is 2.38. The number of hydrogen-bond donors (Lipinski definition) is 1. The van der Waals surface area contributed by atoms with E-state index in [-0.39, 0.29) is 5.56 Å². The monoisotopic (exact) mass is 434 g/mol. The first-order chi connectivity index (χ1) is 15.6. The van der Waals surface area contributed by atoms with E-state index < -0.39 is 11.6 Å². The van der Waals surface area contributed by atoms with Crippen LogP contribution in [0.2, 0.25) is 0 Å². The van der Waals surface area contributed by atoms with Gasteiger partial charge in [-0.05, 0) is 42.7 Å². The molecule has 5 heterocycles. The van der Waals surface area contributed by atoms with Gasteiger partial charge >= 0.3 is 0 Å². The molecule has 0 amide bonds. The number of H-pyrrole nitrogens is 1. The standard InChI is InChI=1S/C23H20F2N6O/c24-16-3-1-2-15(19(16)25)4-5-17-18-20(29-28-17)27-22(31-12-9-26-21(18)31)30-10-6-23(7-11-30)8-13-32-14-23/h1-3,9,12H,6-8,10-11,13-14H2,(H,28,29). The fraction of sp³-hybridized carbons (Fsp3) is 0.348. The molecule has 1 aromatic carbocycles. The van der Waals surface area contributed by atoms with E-state index in [2.05, 4.69) is 31.9 Å². The van der Waals surface area contributed by atoms with Gasteiger partial charge in [-0.3, -0.25) is 9.50 Å². The lowest BCUT2D eigenvalue weighted by Gasteiger charge is -2.38. The highest BCUT2D eigenvalue weighted by Crippen LogP contribution is 2.40. The zero-order chi connectivity index (χ0) is 21.7. The lowest BCUT2D eigenvalue weighted by molar-refractivity contribution is 0.133. The quantitative estimate of drug-likeness (QED) is 0.466. The van der Waals surface area contributed by atoms with Crippen molar-refractivity contribution in [2.75, 3.05) is 31.2 Å². The van der Waals surface area contributed by atoms with Gasteiger partial charge in [0.25, 0.3) is 0 Å². The van der Waals surface area contributed by atoms with Crippen LogP contribution >= 0.6 is 0 Å². The Morgan fingerprint density at radius 2 is 2.00 bits per heavy atom. The summed E-state index contributed by atoms with van der Waals surface area (Å²) >= 11 is 0. The molecule has 0 bridgehead atoms. The molecule has 2 fully saturated rings. The first-order valence-electron chi connectivity index (χ1n) is 10.6. The number of rotatable bonds is 1. The van der Waals surface area contributed by atoms with Crippen LogP contribution in [0.3, 0.4) is 0 Å². The predicted molar refractivity (Wildman–Crippen MR) is 114 cm³/mol. The van der Waals surface area contributed by atoms with Gasteiger partial charge in [0.05, 0.1) is 17.6 Å². The molecule has 7 nitrogen and oxygen atoms in total. The molecule has 0 radical (unpaired) electrons. The lowest BCUT2D eigenvalue weighted by Crippen LogP contribution is -2.41. The minimum Gasteiger partial charge on any atom is -0.381 e. The van der Waals surface area contributed by atoms with E-state index in [4.69, 9.17) is 9.72 Å². The summed E-state index contributed by atoms with van der Waals surface area (Å²) in [5.74, 6) is 4.42. The average Bonchev–Trinajstić information content (AvgIpc) is 3.55. The molecule has 2 aliphatic heterocycles. The number of ether oxygens (including phenoxy) is 1. The van der Waals surface area contributed by atoms with Gasteiger partial charge < -0.3 is 9.64 Å². The van der Waals surface area contributed by atoms with Crippen molar-refractivity contribution < 1.29 is 13.5 Å². The third kappa shape index (κ3) is 3.02.